The number of ketones is 1. The molecule has 0 unspecified atom stereocenters. The molecule has 0 amide bonds. The number of nitriles is 2. The molecular weight excluding hydrogens is 428 g/mol. The van der Waals surface area contributed by atoms with Gasteiger partial charge in [-0.15, -0.1) is 0 Å². The number of allylic oxidation sites excluding steroid dienone is 4. The van der Waals surface area contributed by atoms with Gasteiger partial charge in [0, 0.05) is 0 Å². The molecule has 0 aliphatic heterocycles. The van der Waals surface area contributed by atoms with E-state index in [1.54, 1.807) is 6.07 Å². The summed E-state index contributed by atoms with van der Waals surface area (Å²) in [7, 11) is 0. The van der Waals surface area contributed by atoms with E-state index in [4.69, 9.17) is 5.26 Å². The molecule has 3 nitrogen and oxygen atoms in total. The lowest BCUT2D eigenvalue weighted by atomic mass is 9.72. The first-order chi connectivity index (χ1) is 16.9. The number of nitrogens with zero attached hydrogens (tertiary/aromatic N) is 2. The molecule has 1 aliphatic carbocycles. The highest BCUT2D eigenvalue weighted by Crippen LogP contribution is 2.42. The Labute approximate surface area is 207 Å². The van der Waals surface area contributed by atoms with Crippen LogP contribution in [0.4, 0.5) is 0 Å². The maximum Gasteiger partial charge on any atom is 0.272 e. The zero-order chi connectivity index (χ0) is 24.8. The number of Topliss-reactive ketones (excluding diaryl/α,β-unsaturated/α-hetero) is 1. The van der Waals surface area contributed by atoms with Crippen molar-refractivity contribution in [2.24, 2.45) is 5.41 Å². The smallest absolute Gasteiger partial charge is 0.272 e. The average molecular weight is 455 g/mol. The van der Waals surface area contributed by atoms with Crippen LogP contribution in [0.15, 0.2) is 102 Å². The van der Waals surface area contributed by atoms with Crippen LogP contribution in [0.25, 0.3) is 17.2 Å². The lowest BCUT2D eigenvalue weighted by Crippen LogP contribution is -2.19. The molecule has 0 spiro atoms. The molecule has 0 heterocycles. The van der Waals surface area contributed by atoms with Crippen molar-refractivity contribution < 1.29 is 4.79 Å². The molecule has 0 N–H and O–H groups in total. The van der Waals surface area contributed by atoms with Crippen molar-refractivity contribution in [2.75, 3.05) is 0 Å². The van der Waals surface area contributed by atoms with E-state index in [1.807, 2.05) is 48.5 Å². The third-order valence-corrected chi connectivity index (χ3v) is 6.21. The summed E-state index contributed by atoms with van der Waals surface area (Å²) in [6, 6.07) is 32.6. The molecule has 170 valence electrons. The molecule has 0 bridgehead atoms. The van der Waals surface area contributed by atoms with Crippen LogP contribution in [0.2, 0.25) is 0 Å². The zero-order valence-corrected chi connectivity index (χ0v) is 20.0. The van der Waals surface area contributed by atoms with Gasteiger partial charge in [0.1, 0.15) is 17.7 Å². The van der Waals surface area contributed by atoms with Gasteiger partial charge >= 0.3 is 0 Å². The van der Waals surface area contributed by atoms with Crippen molar-refractivity contribution in [3.8, 4) is 12.1 Å². The summed E-state index contributed by atoms with van der Waals surface area (Å²) in [5, 5.41) is 18.5. The minimum absolute atomic E-state index is 0.0484. The van der Waals surface area contributed by atoms with Gasteiger partial charge in [0.2, 0.25) is 0 Å². The SMILES string of the molecule is CC1(C)CC(c2ccc(C=C(c3ccccc3)c3ccccc3)cc2)=C/C(=C(\C#N)C(=O)C#N)C1. The Bertz CT molecular complexity index is 1370. The van der Waals surface area contributed by atoms with Crippen molar-refractivity contribution in [3.63, 3.8) is 0 Å². The number of benzene rings is 3. The van der Waals surface area contributed by atoms with E-state index in [9.17, 15) is 10.1 Å². The van der Waals surface area contributed by atoms with Crippen molar-refractivity contribution in [3.05, 3.63) is 124 Å². The van der Waals surface area contributed by atoms with E-state index in [1.165, 1.54) is 0 Å². The van der Waals surface area contributed by atoms with Gasteiger partial charge in [0.25, 0.3) is 5.78 Å². The maximum absolute atomic E-state index is 12.0. The highest BCUT2D eigenvalue weighted by atomic mass is 16.1. The lowest BCUT2D eigenvalue weighted by molar-refractivity contribution is -0.110. The van der Waals surface area contributed by atoms with Gasteiger partial charge in [0.05, 0.1) is 0 Å². The second kappa shape index (κ2) is 10.2. The normalized spacial score (nSPS) is 15.7. The summed E-state index contributed by atoms with van der Waals surface area (Å²) in [5.74, 6) is -0.773. The molecule has 0 aromatic heterocycles. The Balaban J connectivity index is 1.73. The molecule has 0 fully saturated rings. The Morgan fingerprint density at radius 2 is 1.37 bits per heavy atom. The van der Waals surface area contributed by atoms with Crippen LogP contribution in [-0.4, -0.2) is 5.78 Å². The van der Waals surface area contributed by atoms with Crippen LogP contribution in [0.3, 0.4) is 0 Å². The van der Waals surface area contributed by atoms with Gasteiger partial charge in [0.15, 0.2) is 0 Å². The highest BCUT2D eigenvalue weighted by Gasteiger charge is 2.29. The topological polar surface area (TPSA) is 64.7 Å². The van der Waals surface area contributed by atoms with E-state index < -0.39 is 5.78 Å². The number of carbonyl (C=O) groups is 1. The lowest BCUT2D eigenvalue weighted by Gasteiger charge is -2.32. The number of hydrogen-bond acceptors (Lipinski definition) is 3. The minimum Gasteiger partial charge on any atom is -0.276 e. The number of carbonyl (C=O) groups excluding carboxylic acids is 1. The molecular formula is C32H26N2O. The summed E-state index contributed by atoms with van der Waals surface area (Å²) in [5.41, 5.74) is 7.13. The van der Waals surface area contributed by atoms with Crippen LogP contribution in [0.5, 0.6) is 0 Å². The standard InChI is InChI=1S/C32H26N2O/c1-32(2)19-27(18-28(20-32)30(21-33)31(35)22-34)24-15-13-23(14-16-24)17-29(25-9-5-3-6-10-25)26-11-7-4-8-12-26/h3-18H,19-20H2,1-2H3/b30-28-. The quantitative estimate of drug-likeness (QED) is 0.175. The molecule has 3 aromatic carbocycles. The molecule has 0 atom stereocenters. The van der Waals surface area contributed by atoms with Gasteiger partial charge in [-0.1, -0.05) is 105 Å². The molecule has 1 aliphatic rings. The third-order valence-electron chi connectivity index (χ3n) is 6.21. The summed E-state index contributed by atoms with van der Waals surface area (Å²) in [6.07, 6.45) is 5.52. The van der Waals surface area contributed by atoms with E-state index >= 15 is 0 Å². The van der Waals surface area contributed by atoms with E-state index in [2.05, 4.69) is 68.5 Å². The zero-order valence-electron chi connectivity index (χ0n) is 20.0. The van der Waals surface area contributed by atoms with Crippen LogP contribution >= 0.6 is 0 Å². The molecule has 3 aromatic rings. The molecule has 4 rings (SSSR count). The molecule has 3 heteroatoms. The van der Waals surface area contributed by atoms with Gasteiger partial charge < -0.3 is 0 Å². The van der Waals surface area contributed by atoms with E-state index in [-0.39, 0.29) is 11.0 Å². The van der Waals surface area contributed by atoms with Gasteiger partial charge in [-0.2, -0.15) is 10.5 Å². The fraction of sp³-hybridized carbons (Fsp3) is 0.156. The molecule has 0 saturated heterocycles. The van der Waals surface area contributed by atoms with Crippen LogP contribution in [-0.2, 0) is 4.79 Å². The van der Waals surface area contributed by atoms with Gasteiger partial charge in [-0.25, -0.2) is 0 Å². The van der Waals surface area contributed by atoms with E-state index in [0.717, 1.165) is 39.8 Å². The summed E-state index contributed by atoms with van der Waals surface area (Å²) >= 11 is 0. The maximum atomic E-state index is 12.0. The first kappa shape index (κ1) is 23.7. The summed E-state index contributed by atoms with van der Waals surface area (Å²) < 4.78 is 0. The molecule has 35 heavy (non-hydrogen) atoms. The van der Waals surface area contributed by atoms with E-state index in [0.29, 0.717) is 12.0 Å². The van der Waals surface area contributed by atoms with Crippen molar-refractivity contribution in [1.29, 1.82) is 10.5 Å². The monoisotopic (exact) mass is 454 g/mol. The minimum atomic E-state index is -0.773. The predicted octanol–water partition coefficient (Wildman–Crippen LogP) is 7.39. The Kier molecular flexibility index (Phi) is 6.91. The fourth-order valence-electron chi connectivity index (χ4n) is 4.61. The van der Waals surface area contributed by atoms with Gasteiger partial charge in [-0.3, -0.25) is 4.79 Å². The molecule has 0 radical (unpaired) electrons. The predicted molar refractivity (Wildman–Crippen MR) is 141 cm³/mol. The van der Waals surface area contributed by atoms with Crippen LogP contribution < -0.4 is 0 Å². The highest BCUT2D eigenvalue weighted by molar-refractivity contribution is 6.10. The third kappa shape index (κ3) is 5.55. The second-order valence-electron chi connectivity index (χ2n) is 9.55. The Hall–Kier alpha value is -4.47. The Morgan fingerprint density at radius 3 is 1.89 bits per heavy atom. The van der Waals surface area contributed by atoms with Crippen molar-refractivity contribution in [1.82, 2.24) is 0 Å². The first-order valence-electron chi connectivity index (χ1n) is 11.6. The molecule has 0 saturated carbocycles. The van der Waals surface area contributed by atoms with Crippen LogP contribution in [0.1, 0.15) is 48.9 Å². The van der Waals surface area contributed by atoms with Crippen molar-refractivity contribution in [2.45, 2.75) is 26.7 Å². The van der Waals surface area contributed by atoms with Gasteiger partial charge in [-0.05, 0) is 63.3 Å². The summed E-state index contributed by atoms with van der Waals surface area (Å²) in [4.78, 5) is 12.0. The largest absolute Gasteiger partial charge is 0.276 e. The fourth-order valence-corrected chi connectivity index (χ4v) is 4.61. The number of hydrogen-bond donors (Lipinski definition) is 0. The second-order valence-corrected chi connectivity index (χ2v) is 9.55. The Morgan fingerprint density at radius 1 is 0.800 bits per heavy atom. The first-order valence-corrected chi connectivity index (χ1v) is 11.6. The average Bonchev–Trinajstić information content (AvgIpc) is 2.88. The number of rotatable bonds is 5. The van der Waals surface area contributed by atoms with Crippen molar-refractivity contribution >= 4 is 23.0 Å². The van der Waals surface area contributed by atoms with Crippen LogP contribution in [0, 0.1) is 28.1 Å². The summed E-state index contributed by atoms with van der Waals surface area (Å²) in [6.45, 7) is 4.24.